The minimum Gasteiger partial charge on any atom is -0.457 e. The first kappa shape index (κ1) is 35.6. The number of nitrogen functional groups attached to an aromatic ring is 1. The summed E-state index contributed by atoms with van der Waals surface area (Å²) >= 11 is 2.19. The molecule has 12 heteroatoms. The molecule has 2 aromatic heterocycles. The van der Waals surface area contributed by atoms with Crippen molar-refractivity contribution in [3.05, 3.63) is 76.8 Å². The standard InChI is InChI=1S/C37H47IN6O4S/c1-37(2,3)48-36(46)43-16-12-27(13-17-43)24-42-21-19-41(20-22-42)15-11-26-5-8-29(9-6-26)47-33-10-7-28(39)23-31(33)32-25-40(4)35(45)34-30(32)14-18-44(34)49-38/h5-10,14,18,23,25,27H,11-13,15-17,19-22,24,39H2,1-4H3. The van der Waals surface area contributed by atoms with Crippen LogP contribution in [0.5, 0.6) is 11.5 Å². The summed E-state index contributed by atoms with van der Waals surface area (Å²) < 4.78 is 15.5. The number of hydrogen-bond donors (Lipinski definition) is 1. The highest BCUT2D eigenvalue weighted by molar-refractivity contribution is 14.2. The first-order valence-electron chi connectivity index (χ1n) is 17.1. The Morgan fingerprint density at radius 1 is 0.959 bits per heavy atom. The zero-order valence-corrected chi connectivity index (χ0v) is 31.8. The van der Waals surface area contributed by atoms with Crippen LogP contribution in [0.15, 0.2) is 65.7 Å². The SMILES string of the molecule is Cn1cc(-c2cc(N)ccc2Oc2ccc(CCN3CCN(CC4CCN(C(=O)OC(C)(C)C)CC4)CC3)cc2)c2ccn(SI)c2c1=O. The average molecular weight is 799 g/mol. The fourth-order valence-electron chi connectivity index (χ4n) is 6.77. The van der Waals surface area contributed by atoms with Crippen molar-refractivity contribution in [1.82, 2.24) is 23.2 Å². The predicted molar refractivity (Wildman–Crippen MR) is 208 cm³/mol. The van der Waals surface area contributed by atoms with Crippen LogP contribution in [-0.4, -0.2) is 87.3 Å². The second-order valence-electron chi connectivity index (χ2n) is 14.2. The van der Waals surface area contributed by atoms with Crippen molar-refractivity contribution >= 4 is 53.0 Å². The van der Waals surface area contributed by atoms with Crippen LogP contribution in [0.1, 0.15) is 39.2 Å². The van der Waals surface area contributed by atoms with E-state index in [2.05, 4.69) is 43.1 Å². The Bertz CT molecular complexity index is 1820. The molecule has 10 nitrogen and oxygen atoms in total. The molecular formula is C37H47IN6O4S. The van der Waals surface area contributed by atoms with Gasteiger partial charge in [-0.25, -0.2) is 4.79 Å². The largest absolute Gasteiger partial charge is 0.457 e. The minimum atomic E-state index is -0.447. The number of nitrogens with zero attached hydrogens (tertiary/aromatic N) is 5. The fourth-order valence-corrected chi connectivity index (χ4v) is 8.11. The Balaban J connectivity index is 0.999. The van der Waals surface area contributed by atoms with E-state index >= 15 is 0 Å². The van der Waals surface area contributed by atoms with E-state index in [-0.39, 0.29) is 11.7 Å². The Kier molecular flexibility index (Phi) is 11.2. The lowest BCUT2D eigenvalue weighted by atomic mass is 9.96. The Labute approximate surface area is 305 Å². The third kappa shape index (κ3) is 8.76. The number of anilines is 1. The molecule has 2 aromatic carbocycles. The summed E-state index contributed by atoms with van der Waals surface area (Å²) in [5, 5.41) is 0.861. The second-order valence-corrected chi connectivity index (χ2v) is 15.9. The van der Waals surface area contributed by atoms with Gasteiger partial charge in [-0.15, -0.1) is 0 Å². The first-order valence-corrected chi connectivity index (χ1v) is 20.4. The molecule has 2 saturated heterocycles. The monoisotopic (exact) mass is 798 g/mol. The van der Waals surface area contributed by atoms with Crippen LogP contribution in [0.2, 0.25) is 0 Å². The summed E-state index contributed by atoms with van der Waals surface area (Å²) in [5.41, 5.74) is 10.0. The number of piperidine rings is 1. The third-order valence-electron chi connectivity index (χ3n) is 9.47. The normalized spacial score (nSPS) is 16.7. The number of likely N-dealkylation sites (tertiary alicyclic amines) is 1. The number of nitrogens with two attached hydrogens (primary N) is 1. The highest BCUT2D eigenvalue weighted by Gasteiger charge is 2.28. The number of carbonyl (C=O) groups is 1. The summed E-state index contributed by atoms with van der Waals surface area (Å²) in [6, 6.07) is 16.0. The van der Waals surface area contributed by atoms with Gasteiger partial charge in [-0.1, -0.05) is 12.1 Å². The molecule has 262 valence electrons. The van der Waals surface area contributed by atoms with Crippen LogP contribution in [0.3, 0.4) is 0 Å². The number of rotatable bonds is 9. The molecule has 0 atom stereocenters. The number of aromatic nitrogens is 2. The van der Waals surface area contributed by atoms with E-state index in [1.807, 2.05) is 78.4 Å². The maximum atomic E-state index is 13.0. The van der Waals surface area contributed by atoms with E-state index in [1.54, 1.807) is 11.6 Å². The van der Waals surface area contributed by atoms with Gasteiger partial charge in [0, 0.05) is 124 Å². The van der Waals surface area contributed by atoms with Gasteiger partial charge >= 0.3 is 6.09 Å². The number of carbonyl (C=O) groups excluding carboxylic acids is 1. The molecule has 2 fully saturated rings. The molecule has 4 heterocycles. The fraction of sp³-hybridized carbons (Fsp3) is 0.459. The number of fused-ring (bicyclic) bond motifs is 1. The van der Waals surface area contributed by atoms with E-state index in [4.69, 9.17) is 15.2 Å². The number of pyridine rings is 1. The maximum absolute atomic E-state index is 13.0. The van der Waals surface area contributed by atoms with Crippen molar-refractivity contribution in [2.24, 2.45) is 13.0 Å². The molecule has 0 spiro atoms. The van der Waals surface area contributed by atoms with Crippen molar-refractivity contribution in [3.8, 4) is 22.6 Å². The van der Waals surface area contributed by atoms with Gasteiger partial charge in [0.1, 0.15) is 22.6 Å². The Hall–Kier alpha value is -3.20. The average Bonchev–Trinajstić information content (AvgIpc) is 3.52. The Morgan fingerprint density at radius 3 is 2.33 bits per heavy atom. The first-order chi connectivity index (χ1) is 23.5. The van der Waals surface area contributed by atoms with Crippen molar-refractivity contribution in [3.63, 3.8) is 0 Å². The number of amides is 1. The predicted octanol–water partition coefficient (Wildman–Crippen LogP) is 7.04. The number of aryl methyl sites for hydroxylation is 1. The molecule has 2 N–H and O–H groups in total. The van der Waals surface area contributed by atoms with E-state index in [9.17, 15) is 9.59 Å². The van der Waals surface area contributed by atoms with E-state index < -0.39 is 5.60 Å². The van der Waals surface area contributed by atoms with Crippen molar-refractivity contribution in [2.75, 3.05) is 58.1 Å². The molecule has 0 saturated carbocycles. The summed E-state index contributed by atoms with van der Waals surface area (Å²) in [4.78, 5) is 32.4. The minimum absolute atomic E-state index is 0.0502. The molecular weight excluding hydrogens is 751 g/mol. The molecule has 0 aliphatic carbocycles. The highest BCUT2D eigenvalue weighted by Crippen LogP contribution is 2.39. The molecule has 0 radical (unpaired) electrons. The summed E-state index contributed by atoms with van der Waals surface area (Å²) in [6.07, 6.45) is 6.66. The number of hydrogen-bond acceptors (Lipinski definition) is 8. The molecule has 2 aliphatic rings. The molecule has 49 heavy (non-hydrogen) atoms. The van der Waals surface area contributed by atoms with Crippen LogP contribution in [0, 0.1) is 5.92 Å². The van der Waals surface area contributed by atoms with Gasteiger partial charge in [-0.05, 0) is 87.9 Å². The van der Waals surface area contributed by atoms with Gasteiger partial charge < -0.3 is 34.5 Å². The van der Waals surface area contributed by atoms with Crippen molar-refractivity contribution < 1.29 is 14.3 Å². The van der Waals surface area contributed by atoms with Gasteiger partial charge in [0.05, 0.1) is 0 Å². The van der Waals surface area contributed by atoms with E-state index in [0.717, 1.165) is 93.9 Å². The Morgan fingerprint density at radius 2 is 1.65 bits per heavy atom. The molecule has 0 bridgehead atoms. The van der Waals surface area contributed by atoms with Gasteiger partial charge in [0.15, 0.2) is 0 Å². The lowest BCUT2D eigenvalue weighted by molar-refractivity contribution is 0.0160. The lowest BCUT2D eigenvalue weighted by Crippen LogP contribution is -2.49. The van der Waals surface area contributed by atoms with Crippen molar-refractivity contribution in [2.45, 2.75) is 45.6 Å². The molecule has 4 aromatic rings. The molecule has 6 rings (SSSR count). The van der Waals surface area contributed by atoms with Crippen molar-refractivity contribution in [1.29, 1.82) is 0 Å². The van der Waals surface area contributed by atoms with Crippen LogP contribution in [-0.2, 0) is 18.2 Å². The number of ether oxygens (including phenoxy) is 2. The third-order valence-corrected chi connectivity index (χ3v) is 11.2. The maximum Gasteiger partial charge on any atom is 0.410 e. The van der Waals surface area contributed by atoms with Crippen LogP contribution in [0.4, 0.5) is 10.5 Å². The van der Waals surface area contributed by atoms with Gasteiger partial charge in [0.2, 0.25) is 0 Å². The zero-order valence-electron chi connectivity index (χ0n) is 28.9. The van der Waals surface area contributed by atoms with E-state index in [1.165, 1.54) is 14.7 Å². The molecule has 1 amide bonds. The summed E-state index contributed by atoms with van der Waals surface area (Å²) in [7, 11) is 3.23. The highest BCUT2D eigenvalue weighted by atomic mass is 127. The smallest absolute Gasteiger partial charge is 0.410 e. The van der Waals surface area contributed by atoms with Crippen LogP contribution < -0.4 is 16.0 Å². The van der Waals surface area contributed by atoms with Crippen LogP contribution >= 0.6 is 30.3 Å². The van der Waals surface area contributed by atoms with Crippen LogP contribution in [0.25, 0.3) is 22.0 Å². The van der Waals surface area contributed by atoms with Gasteiger partial charge in [-0.3, -0.25) is 8.77 Å². The summed E-state index contributed by atoms with van der Waals surface area (Å²) in [5.74, 6) is 2.07. The zero-order chi connectivity index (χ0) is 34.7. The lowest BCUT2D eigenvalue weighted by Gasteiger charge is -2.39. The molecule has 2 aliphatic heterocycles. The van der Waals surface area contributed by atoms with E-state index in [0.29, 0.717) is 22.9 Å². The number of benzene rings is 2. The second kappa shape index (κ2) is 15.4. The number of piperazine rings is 1. The number of halogens is 1. The van der Waals surface area contributed by atoms with Gasteiger partial charge in [0.25, 0.3) is 5.56 Å². The van der Waals surface area contributed by atoms with Gasteiger partial charge in [-0.2, -0.15) is 0 Å². The topological polar surface area (TPSA) is 98.2 Å². The quantitative estimate of drug-likeness (QED) is 0.143. The summed E-state index contributed by atoms with van der Waals surface area (Å²) in [6.45, 7) is 13.8. The molecule has 0 unspecified atom stereocenters.